The summed E-state index contributed by atoms with van der Waals surface area (Å²) in [6.45, 7) is 2.56. The van der Waals surface area contributed by atoms with Gasteiger partial charge in [-0.25, -0.2) is 0 Å². The van der Waals surface area contributed by atoms with Gasteiger partial charge in [0.2, 0.25) is 11.9 Å². The first-order valence-corrected chi connectivity index (χ1v) is 4.99. The molecule has 2 aromatic rings. The molecule has 0 aliphatic rings. The van der Waals surface area contributed by atoms with E-state index in [1.807, 2.05) is 38.1 Å². The van der Waals surface area contributed by atoms with E-state index < -0.39 is 0 Å². The Balaban J connectivity index is 2.14. The van der Waals surface area contributed by atoms with Gasteiger partial charge in [0, 0.05) is 14.1 Å². The number of furan rings is 1. The molecule has 0 saturated heterocycles. The zero-order chi connectivity index (χ0) is 11.7. The van der Waals surface area contributed by atoms with E-state index in [0.717, 1.165) is 11.5 Å². The molecular formula is C10H15N5O. The van der Waals surface area contributed by atoms with Crippen LogP contribution in [0.3, 0.4) is 0 Å². The third-order valence-electron chi connectivity index (χ3n) is 2.42. The van der Waals surface area contributed by atoms with Gasteiger partial charge in [-0.1, -0.05) is 0 Å². The first-order valence-electron chi connectivity index (χ1n) is 4.99. The molecule has 16 heavy (non-hydrogen) atoms. The lowest BCUT2D eigenvalue weighted by atomic mass is 10.4. The van der Waals surface area contributed by atoms with E-state index in [4.69, 9.17) is 10.2 Å². The van der Waals surface area contributed by atoms with Crippen LogP contribution in [0, 0.1) is 6.92 Å². The normalized spacial score (nSPS) is 10.7. The predicted molar refractivity (Wildman–Crippen MR) is 61.0 cm³/mol. The summed E-state index contributed by atoms with van der Waals surface area (Å²) in [5, 5.41) is 7.79. The number of aromatic nitrogens is 3. The average Bonchev–Trinajstić information content (AvgIpc) is 2.76. The molecule has 0 aromatic carbocycles. The highest BCUT2D eigenvalue weighted by Gasteiger charge is 2.12. The van der Waals surface area contributed by atoms with Crippen LogP contribution in [0.1, 0.15) is 11.5 Å². The van der Waals surface area contributed by atoms with Gasteiger partial charge in [-0.05, 0) is 19.1 Å². The molecule has 0 radical (unpaired) electrons. The van der Waals surface area contributed by atoms with Crippen LogP contribution in [-0.2, 0) is 13.6 Å². The minimum Gasteiger partial charge on any atom is -0.464 e. The number of hydrogen-bond donors (Lipinski definition) is 1. The van der Waals surface area contributed by atoms with Crippen LogP contribution in [0.5, 0.6) is 0 Å². The minimum atomic E-state index is 0.400. The maximum Gasteiger partial charge on any atom is 0.228 e. The molecule has 2 heterocycles. The monoisotopic (exact) mass is 221 g/mol. The summed E-state index contributed by atoms with van der Waals surface area (Å²) in [5.41, 5.74) is 5.62. The van der Waals surface area contributed by atoms with Crippen molar-refractivity contribution >= 4 is 11.9 Å². The summed E-state index contributed by atoms with van der Waals surface area (Å²) in [6.07, 6.45) is 0. The summed E-state index contributed by atoms with van der Waals surface area (Å²) in [7, 11) is 3.75. The van der Waals surface area contributed by atoms with Crippen molar-refractivity contribution in [3.63, 3.8) is 0 Å². The van der Waals surface area contributed by atoms with Crippen LogP contribution >= 0.6 is 0 Å². The maximum absolute atomic E-state index is 5.62. The van der Waals surface area contributed by atoms with Crippen LogP contribution in [0.4, 0.5) is 11.9 Å². The number of rotatable bonds is 3. The Labute approximate surface area is 93.7 Å². The topological polar surface area (TPSA) is 73.1 Å². The molecule has 0 spiro atoms. The van der Waals surface area contributed by atoms with Crippen LogP contribution in [0.15, 0.2) is 16.5 Å². The molecule has 86 valence electrons. The van der Waals surface area contributed by atoms with Crippen molar-refractivity contribution in [1.29, 1.82) is 0 Å². The highest BCUT2D eigenvalue weighted by Crippen LogP contribution is 2.15. The van der Waals surface area contributed by atoms with Crippen LogP contribution in [0.2, 0.25) is 0 Å². The minimum absolute atomic E-state index is 0.400. The fraction of sp³-hybridized carbons (Fsp3) is 0.400. The zero-order valence-corrected chi connectivity index (χ0v) is 9.64. The Hall–Kier alpha value is -1.98. The van der Waals surface area contributed by atoms with Crippen molar-refractivity contribution in [2.45, 2.75) is 13.5 Å². The van der Waals surface area contributed by atoms with Gasteiger partial charge in [0.05, 0.1) is 6.54 Å². The number of aryl methyl sites for hydroxylation is 1. The molecule has 0 atom stereocenters. The number of nitrogens with zero attached hydrogens (tertiary/aromatic N) is 4. The molecule has 0 saturated carbocycles. The number of anilines is 2. The van der Waals surface area contributed by atoms with Gasteiger partial charge in [0.1, 0.15) is 11.5 Å². The van der Waals surface area contributed by atoms with E-state index in [0.29, 0.717) is 18.4 Å². The first kappa shape index (κ1) is 10.5. The molecule has 0 aliphatic heterocycles. The average molecular weight is 221 g/mol. The van der Waals surface area contributed by atoms with Crippen molar-refractivity contribution in [2.24, 2.45) is 7.05 Å². The molecule has 0 fully saturated rings. The standard InChI is InChI=1S/C10H15N5O/c1-7-4-5-8(16-7)6-14(2)10-13-12-9(11)15(10)3/h4-5H,6H2,1-3H3,(H2,11,12). The summed E-state index contributed by atoms with van der Waals surface area (Å²) in [5.74, 6) is 2.91. The van der Waals surface area contributed by atoms with Gasteiger partial charge in [-0.15, -0.1) is 10.2 Å². The summed E-state index contributed by atoms with van der Waals surface area (Å²) < 4.78 is 7.22. The Morgan fingerprint density at radius 1 is 1.44 bits per heavy atom. The van der Waals surface area contributed by atoms with E-state index in [1.54, 1.807) is 4.57 Å². The fourth-order valence-electron chi connectivity index (χ4n) is 1.54. The molecular weight excluding hydrogens is 206 g/mol. The van der Waals surface area contributed by atoms with Crippen molar-refractivity contribution in [1.82, 2.24) is 14.8 Å². The van der Waals surface area contributed by atoms with Gasteiger partial charge < -0.3 is 15.1 Å². The van der Waals surface area contributed by atoms with Gasteiger partial charge in [-0.2, -0.15) is 0 Å². The van der Waals surface area contributed by atoms with E-state index in [-0.39, 0.29) is 0 Å². The summed E-state index contributed by atoms with van der Waals surface area (Å²) >= 11 is 0. The molecule has 0 aliphatic carbocycles. The smallest absolute Gasteiger partial charge is 0.228 e. The van der Waals surface area contributed by atoms with Crippen molar-refractivity contribution in [3.8, 4) is 0 Å². The highest BCUT2D eigenvalue weighted by molar-refractivity contribution is 5.36. The Kier molecular flexibility index (Phi) is 2.55. The van der Waals surface area contributed by atoms with E-state index >= 15 is 0 Å². The second kappa shape index (κ2) is 3.88. The quantitative estimate of drug-likeness (QED) is 0.834. The molecule has 2 rings (SSSR count). The van der Waals surface area contributed by atoms with Gasteiger partial charge in [0.25, 0.3) is 0 Å². The van der Waals surface area contributed by atoms with E-state index in [9.17, 15) is 0 Å². The van der Waals surface area contributed by atoms with Crippen molar-refractivity contribution in [3.05, 3.63) is 23.7 Å². The molecule has 0 bridgehead atoms. The number of nitrogen functional groups attached to an aromatic ring is 1. The number of nitrogens with two attached hydrogens (primary N) is 1. The fourth-order valence-corrected chi connectivity index (χ4v) is 1.54. The Morgan fingerprint density at radius 3 is 2.69 bits per heavy atom. The first-order chi connectivity index (χ1) is 7.58. The summed E-state index contributed by atoms with van der Waals surface area (Å²) in [6, 6.07) is 3.89. The van der Waals surface area contributed by atoms with Crippen LogP contribution < -0.4 is 10.6 Å². The Bertz CT molecular complexity index is 487. The van der Waals surface area contributed by atoms with Gasteiger partial charge in [-0.3, -0.25) is 4.57 Å². The van der Waals surface area contributed by atoms with Crippen LogP contribution in [-0.4, -0.2) is 21.8 Å². The van der Waals surface area contributed by atoms with Gasteiger partial charge >= 0.3 is 0 Å². The SMILES string of the molecule is Cc1ccc(CN(C)c2nnc(N)n2C)o1. The second-order valence-electron chi connectivity index (χ2n) is 3.79. The van der Waals surface area contributed by atoms with Crippen molar-refractivity contribution < 1.29 is 4.42 Å². The highest BCUT2D eigenvalue weighted by atomic mass is 16.3. The van der Waals surface area contributed by atoms with Crippen molar-refractivity contribution in [2.75, 3.05) is 17.7 Å². The lowest BCUT2D eigenvalue weighted by molar-refractivity contribution is 0.480. The summed E-state index contributed by atoms with van der Waals surface area (Å²) in [4.78, 5) is 1.93. The maximum atomic E-state index is 5.62. The lowest BCUT2D eigenvalue weighted by Gasteiger charge is -2.15. The molecule has 2 aromatic heterocycles. The number of hydrogen-bond acceptors (Lipinski definition) is 5. The zero-order valence-electron chi connectivity index (χ0n) is 9.64. The second-order valence-corrected chi connectivity index (χ2v) is 3.79. The molecule has 2 N–H and O–H groups in total. The predicted octanol–water partition coefficient (Wildman–Crippen LogP) is 0.935. The molecule has 6 heteroatoms. The van der Waals surface area contributed by atoms with E-state index in [2.05, 4.69) is 10.2 Å². The molecule has 0 unspecified atom stereocenters. The van der Waals surface area contributed by atoms with Crippen LogP contribution in [0.25, 0.3) is 0 Å². The van der Waals surface area contributed by atoms with Gasteiger partial charge in [0.15, 0.2) is 0 Å². The third-order valence-corrected chi connectivity index (χ3v) is 2.42. The van der Waals surface area contributed by atoms with E-state index in [1.165, 1.54) is 0 Å². The molecule has 0 amide bonds. The lowest BCUT2D eigenvalue weighted by Crippen LogP contribution is -2.20. The Morgan fingerprint density at radius 2 is 2.19 bits per heavy atom. The molecule has 6 nitrogen and oxygen atoms in total. The third kappa shape index (κ3) is 1.86. The largest absolute Gasteiger partial charge is 0.464 e.